The lowest BCUT2D eigenvalue weighted by atomic mass is 9.90. The second-order valence-electron chi connectivity index (χ2n) is 9.61. The highest BCUT2D eigenvalue weighted by Crippen LogP contribution is 2.25. The van der Waals surface area contributed by atoms with E-state index in [1.165, 1.54) is 12.1 Å². The zero-order valence-corrected chi connectivity index (χ0v) is 24.5. The zero-order chi connectivity index (χ0) is 35.7. The van der Waals surface area contributed by atoms with Gasteiger partial charge in [-0.05, 0) is 41.7 Å². The molecule has 3 rings (SSSR count). The van der Waals surface area contributed by atoms with Crippen LogP contribution in [0.15, 0.2) is 89.9 Å². The van der Waals surface area contributed by atoms with Crippen molar-refractivity contribution >= 4 is 29.7 Å². The Morgan fingerprint density at radius 1 is 0.935 bits per heavy atom. The van der Waals surface area contributed by atoms with E-state index in [1.54, 1.807) is 12.1 Å². The number of phenols is 1. The second kappa shape index (κ2) is 18.4. The summed E-state index contributed by atoms with van der Waals surface area (Å²) in [5.41, 5.74) is 8.07. The molecule has 0 saturated carbocycles. The van der Waals surface area contributed by atoms with E-state index in [4.69, 9.17) is 18.4 Å². The van der Waals surface area contributed by atoms with Crippen molar-refractivity contribution in [3.63, 3.8) is 0 Å². The second-order valence-corrected chi connectivity index (χ2v) is 9.61. The molecular weight excluding hydrogens is 607 g/mol. The molecule has 0 spiro atoms. The Bertz CT molecular complexity index is 1470. The van der Waals surface area contributed by atoms with Gasteiger partial charge in [0.05, 0.1) is 5.92 Å². The fourth-order valence-corrected chi connectivity index (χ4v) is 3.95. The van der Waals surface area contributed by atoms with Gasteiger partial charge < -0.3 is 26.6 Å². The molecule has 0 saturated heterocycles. The number of aliphatic imine (C=N–C) groups is 1. The lowest BCUT2D eigenvalue weighted by Crippen LogP contribution is -2.48. The van der Waals surface area contributed by atoms with E-state index in [2.05, 4.69) is 20.9 Å². The highest BCUT2D eigenvalue weighted by molar-refractivity contribution is 5.96. The number of aliphatic carboxylic acids is 1. The van der Waals surface area contributed by atoms with Gasteiger partial charge in [-0.3, -0.25) is 24.7 Å². The normalized spacial score (nSPS) is 13.2. The molecule has 0 fully saturated rings. The molecule has 3 aromatic rings. The number of benzene rings is 3. The Morgan fingerprint density at radius 3 is 1.98 bits per heavy atom. The molecule has 0 aliphatic carbocycles. The van der Waals surface area contributed by atoms with Crippen LogP contribution in [0.2, 0.25) is 0 Å². The fraction of sp³-hybridized carbons (Fsp3) is 0.281. The highest BCUT2D eigenvalue weighted by Gasteiger charge is 2.38. The number of aromatic hydroxyl groups is 1. The summed E-state index contributed by atoms with van der Waals surface area (Å²) in [7, 11) is 0. The molecule has 0 radical (unpaired) electrons. The number of nitrogens with zero attached hydrogens (tertiary/aromatic N) is 1. The first-order valence-electron chi connectivity index (χ1n) is 15.1. The Labute approximate surface area is 266 Å². The summed E-state index contributed by atoms with van der Waals surface area (Å²) in [5.74, 6) is -4.88. The molecule has 0 aromatic heterocycles. The summed E-state index contributed by atoms with van der Waals surface area (Å²) in [6, 6.07) is 24.2. The van der Waals surface area contributed by atoms with Crippen LogP contribution in [0.5, 0.6) is 5.75 Å². The third kappa shape index (κ3) is 13.1. The van der Waals surface area contributed by atoms with Crippen LogP contribution in [0.4, 0.5) is 13.2 Å². The van der Waals surface area contributed by atoms with Crippen LogP contribution >= 0.6 is 0 Å². The number of amides is 3. The number of nitrogens with one attached hydrogen (secondary N) is 3. The standard InChI is InChI=1S/C30H35N5O4.C2HF3O2/c1-2-26(37)35-30(31)32-19-9-14-25(28(38)33-20-21-15-17-24(36)18-16-21)34-29(39)27(22-10-5-3-6-11-22)23-12-7-4-8-13-23;3-2(4,5)1(6)7/h3-8,10-13,15-18,25,27,36H,2,9,14,19-20H2,1H3,(H,33,38)(H,34,39)(H3,31,32,35,37);(H,6,7)/t25-;/m1./s1/i1T,2T;/t2?,25-;. The Kier molecular flexibility index (Phi) is 13.4. The maximum Gasteiger partial charge on any atom is 0.490 e. The van der Waals surface area contributed by atoms with E-state index in [9.17, 15) is 32.7 Å². The number of carboxylic acids is 1. The monoisotopic (exact) mass is 647 g/mol. The third-order valence-electron chi connectivity index (χ3n) is 6.18. The van der Waals surface area contributed by atoms with E-state index in [1.807, 2.05) is 60.7 Å². The van der Waals surface area contributed by atoms with Gasteiger partial charge in [-0.15, -0.1) is 0 Å². The van der Waals surface area contributed by atoms with Gasteiger partial charge in [-0.2, -0.15) is 13.2 Å². The van der Waals surface area contributed by atoms with E-state index < -0.39 is 43.3 Å². The Hall–Kier alpha value is -5.40. The summed E-state index contributed by atoms with van der Waals surface area (Å²) >= 11 is 0. The minimum absolute atomic E-state index is 0.118. The number of halogens is 3. The average Bonchev–Trinajstić information content (AvgIpc) is 3.06. The van der Waals surface area contributed by atoms with Gasteiger partial charge in [0.15, 0.2) is 5.96 Å². The van der Waals surface area contributed by atoms with Crippen LogP contribution in [-0.4, -0.2) is 58.6 Å². The molecule has 11 nitrogen and oxygen atoms in total. The van der Waals surface area contributed by atoms with Crippen molar-refractivity contribution in [2.75, 3.05) is 6.54 Å². The Morgan fingerprint density at radius 2 is 1.48 bits per heavy atom. The number of hydrogen-bond acceptors (Lipinski definition) is 6. The van der Waals surface area contributed by atoms with Crippen molar-refractivity contribution in [2.45, 2.75) is 50.8 Å². The molecule has 46 heavy (non-hydrogen) atoms. The van der Waals surface area contributed by atoms with E-state index >= 15 is 0 Å². The van der Waals surface area contributed by atoms with Crippen LogP contribution in [0.1, 0.15) is 51.5 Å². The molecule has 1 unspecified atom stereocenters. The molecule has 0 bridgehead atoms. The molecule has 14 heteroatoms. The molecule has 3 aromatic carbocycles. The quantitative estimate of drug-likeness (QED) is 0.0986. The topological polar surface area (TPSA) is 183 Å². The highest BCUT2D eigenvalue weighted by atomic mass is 19.4. The first-order chi connectivity index (χ1) is 22.7. The maximum absolute atomic E-state index is 13.7. The van der Waals surface area contributed by atoms with Crippen LogP contribution in [0.3, 0.4) is 0 Å². The summed E-state index contributed by atoms with van der Waals surface area (Å²) < 4.78 is 46.3. The van der Waals surface area contributed by atoms with Crippen molar-refractivity contribution < 1.29 is 45.3 Å². The van der Waals surface area contributed by atoms with Gasteiger partial charge in [0.2, 0.25) is 17.7 Å². The number of phenolic OH excluding ortho intramolecular Hbond substituents is 1. The Balaban J connectivity index is 0.00000103. The van der Waals surface area contributed by atoms with E-state index in [-0.39, 0.29) is 43.0 Å². The first-order valence-corrected chi connectivity index (χ1v) is 13.8. The van der Waals surface area contributed by atoms with Gasteiger partial charge in [0.1, 0.15) is 11.8 Å². The fourth-order valence-electron chi connectivity index (χ4n) is 3.95. The number of carboxylic acid groups (broad SMARTS) is 1. The van der Waals surface area contributed by atoms with Crippen molar-refractivity contribution in [3.8, 4) is 5.75 Å². The van der Waals surface area contributed by atoms with Crippen LogP contribution in [0.25, 0.3) is 0 Å². The SMILES string of the molecule is O=C(O)C(F)(F)F.[3H]CC([3H])C(=O)NC(N)=NCCC[C@@H](NC(=O)C(c1ccccc1)c1ccccc1)C(=O)NCc1ccc(O)cc1. The average molecular weight is 648 g/mol. The van der Waals surface area contributed by atoms with Crippen molar-refractivity contribution in [3.05, 3.63) is 102 Å². The summed E-state index contributed by atoms with van der Waals surface area (Å²) in [5, 5.41) is 24.7. The van der Waals surface area contributed by atoms with Gasteiger partial charge in [0, 0.05) is 22.2 Å². The van der Waals surface area contributed by atoms with Crippen LogP contribution in [-0.2, 0) is 25.7 Å². The summed E-state index contributed by atoms with van der Waals surface area (Å²) in [6.07, 6.45) is -5.75. The van der Waals surface area contributed by atoms with Crippen LogP contribution < -0.4 is 21.7 Å². The number of hydrogen-bond donors (Lipinski definition) is 6. The van der Waals surface area contributed by atoms with Gasteiger partial charge in [-0.1, -0.05) is 79.7 Å². The number of carbonyl (C=O) groups excluding carboxylic acids is 3. The number of nitrogens with two attached hydrogens (primary N) is 1. The third-order valence-corrected chi connectivity index (χ3v) is 6.18. The predicted octanol–water partition coefficient (Wildman–Crippen LogP) is 3.58. The summed E-state index contributed by atoms with van der Waals surface area (Å²) in [4.78, 5) is 51.7. The molecule has 0 heterocycles. The molecular formula is C32H36F3N5O6. The summed E-state index contributed by atoms with van der Waals surface area (Å²) in [6.45, 7) is -0.0333. The van der Waals surface area contributed by atoms with E-state index in [0.29, 0.717) is 6.42 Å². The molecule has 0 aliphatic rings. The minimum atomic E-state index is -5.08. The predicted molar refractivity (Wildman–Crippen MR) is 164 cm³/mol. The molecule has 7 N–H and O–H groups in total. The maximum atomic E-state index is 13.7. The van der Waals surface area contributed by atoms with Crippen molar-refractivity contribution in [1.82, 2.24) is 16.0 Å². The molecule has 2 atom stereocenters. The van der Waals surface area contributed by atoms with Gasteiger partial charge in [0.25, 0.3) is 0 Å². The largest absolute Gasteiger partial charge is 0.508 e. The lowest BCUT2D eigenvalue weighted by Gasteiger charge is -2.23. The number of alkyl halides is 3. The van der Waals surface area contributed by atoms with Crippen molar-refractivity contribution in [2.24, 2.45) is 10.7 Å². The van der Waals surface area contributed by atoms with E-state index in [0.717, 1.165) is 16.7 Å². The van der Waals surface area contributed by atoms with Gasteiger partial charge in [-0.25, -0.2) is 4.79 Å². The minimum Gasteiger partial charge on any atom is -0.508 e. The smallest absolute Gasteiger partial charge is 0.490 e. The number of carbonyl (C=O) groups is 4. The lowest BCUT2D eigenvalue weighted by molar-refractivity contribution is -0.192. The zero-order valence-electron chi connectivity index (χ0n) is 26.5. The molecule has 246 valence electrons. The van der Waals surface area contributed by atoms with Gasteiger partial charge >= 0.3 is 12.1 Å². The van der Waals surface area contributed by atoms with Crippen molar-refractivity contribution in [1.29, 1.82) is 0 Å². The number of rotatable bonds is 12. The van der Waals surface area contributed by atoms with Crippen LogP contribution in [0, 0.1) is 0 Å². The number of guanidine groups is 1. The molecule has 0 aliphatic heterocycles. The first kappa shape index (κ1) is 33.5. The molecule has 3 amide bonds.